The van der Waals surface area contributed by atoms with Crippen LogP contribution in [0, 0.1) is 0 Å². The average molecular weight is 230 g/mol. The van der Waals surface area contributed by atoms with Crippen LogP contribution in [0.25, 0.3) is 10.9 Å². The Morgan fingerprint density at radius 2 is 2.29 bits per heavy atom. The fraction of sp³-hybridized carbons (Fsp3) is 0.429. The van der Waals surface area contributed by atoms with Crippen molar-refractivity contribution in [2.45, 2.75) is 25.3 Å². The molecule has 90 valence electrons. The van der Waals surface area contributed by atoms with E-state index >= 15 is 0 Å². The van der Waals surface area contributed by atoms with E-state index < -0.39 is 0 Å². The van der Waals surface area contributed by atoms with Crippen molar-refractivity contribution in [3.63, 3.8) is 0 Å². The van der Waals surface area contributed by atoms with Gasteiger partial charge in [0.25, 0.3) is 0 Å². The van der Waals surface area contributed by atoms with Crippen LogP contribution in [0.15, 0.2) is 18.2 Å². The highest BCUT2D eigenvalue weighted by Crippen LogP contribution is 2.38. The summed E-state index contributed by atoms with van der Waals surface area (Å²) in [6.07, 6.45) is 3.60. The number of methoxy groups -OCH3 is 1. The zero-order chi connectivity index (χ0) is 11.8. The number of nitrogens with one attached hydrogen (secondary N) is 2. The number of rotatable bonds is 2. The SMILES string of the molecule is CNC1CCCc2[nH]c3c(OC)cccc3c21. The Kier molecular flexibility index (Phi) is 2.56. The number of hydrogen-bond acceptors (Lipinski definition) is 2. The fourth-order valence-electron chi connectivity index (χ4n) is 2.95. The first kappa shape index (κ1) is 10.7. The summed E-state index contributed by atoms with van der Waals surface area (Å²) >= 11 is 0. The minimum atomic E-state index is 0.472. The summed E-state index contributed by atoms with van der Waals surface area (Å²) in [5.74, 6) is 0.937. The molecule has 1 aromatic heterocycles. The van der Waals surface area contributed by atoms with E-state index in [9.17, 15) is 0 Å². The van der Waals surface area contributed by atoms with E-state index in [1.165, 1.54) is 29.5 Å². The molecular formula is C14H18N2O. The smallest absolute Gasteiger partial charge is 0.142 e. The Balaban J connectivity index is 2.27. The maximum absolute atomic E-state index is 5.42. The third-order valence-electron chi connectivity index (χ3n) is 3.75. The van der Waals surface area contributed by atoms with E-state index in [0.29, 0.717) is 6.04 Å². The zero-order valence-corrected chi connectivity index (χ0v) is 10.3. The van der Waals surface area contributed by atoms with Gasteiger partial charge in [0.1, 0.15) is 5.75 Å². The van der Waals surface area contributed by atoms with E-state index in [0.717, 1.165) is 17.7 Å². The Morgan fingerprint density at radius 1 is 1.41 bits per heavy atom. The van der Waals surface area contributed by atoms with E-state index in [4.69, 9.17) is 4.74 Å². The van der Waals surface area contributed by atoms with Gasteiger partial charge in [-0.05, 0) is 37.9 Å². The number of hydrogen-bond donors (Lipinski definition) is 2. The third kappa shape index (κ3) is 1.53. The van der Waals surface area contributed by atoms with Gasteiger partial charge in [-0.15, -0.1) is 0 Å². The van der Waals surface area contributed by atoms with Gasteiger partial charge in [0, 0.05) is 17.1 Å². The first-order valence-electron chi connectivity index (χ1n) is 6.20. The molecule has 1 aliphatic carbocycles. The number of aromatic amines is 1. The van der Waals surface area contributed by atoms with Gasteiger partial charge in [-0.2, -0.15) is 0 Å². The van der Waals surface area contributed by atoms with Crippen molar-refractivity contribution in [2.24, 2.45) is 0 Å². The number of para-hydroxylation sites is 1. The zero-order valence-electron chi connectivity index (χ0n) is 10.3. The van der Waals surface area contributed by atoms with E-state index in [1.54, 1.807) is 7.11 Å². The number of ether oxygens (including phenoxy) is 1. The highest BCUT2D eigenvalue weighted by atomic mass is 16.5. The molecule has 0 bridgehead atoms. The fourth-order valence-corrected chi connectivity index (χ4v) is 2.95. The van der Waals surface area contributed by atoms with Crippen LogP contribution in [-0.2, 0) is 6.42 Å². The van der Waals surface area contributed by atoms with Crippen LogP contribution in [0.5, 0.6) is 5.75 Å². The molecule has 1 unspecified atom stereocenters. The Morgan fingerprint density at radius 3 is 3.06 bits per heavy atom. The van der Waals surface area contributed by atoms with Gasteiger partial charge in [0.2, 0.25) is 0 Å². The second-order valence-electron chi connectivity index (χ2n) is 4.63. The minimum absolute atomic E-state index is 0.472. The molecule has 0 amide bonds. The van der Waals surface area contributed by atoms with Crippen molar-refractivity contribution in [2.75, 3.05) is 14.2 Å². The van der Waals surface area contributed by atoms with Crippen LogP contribution in [0.1, 0.15) is 30.1 Å². The summed E-state index contributed by atoms with van der Waals surface area (Å²) in [5.41, 5.74) is 3.95. The lowest BCUT2D eigenvalue weighted by Gasteiger charge is -2.22. The second kappa shape index (κ2) is 4.08. The van der Waals surface area contributed by atoms with E-state index in [-0.39, 0.29) is 0 Å². The van der Waals surface area contributed by atoms with Crippen molar-refractivity contribution in [1.29, 1.82) is 0 Å². The van der Waals surface area contributed by atoms with Gasteiger partial charge in [-0.25, -0.2) is 0 Å². The number of benzene rings is 1. The van der Waals surface area contributed by atoms with Gasteiger partial charge >= 0.3 is 0 Å². The monoisotopic (exact) mass is 230 g/mol. The maximum Gasteiger partial charge on any atom is 0.142 e. The van der Waals surface area contributed by atoms with Crippen LogP contribution in [0.3, 0.4) is 0 Å². The number of aryl methyl sites for hydroxylation is 1. The summed E-state index contributed by atoms with van der Waals surface area (Å²) in [6.45, 7) is 0. The standard InChI is InChI=1S/C14H18N2O/c1-15-10-6-4-7-11-13(10)9-5-3-8-12(17-2)14(9)16-11/h3,5,8,10,15-16H,4,6-7H2,1-2H3. The molecule has 1 atom stereocenters. The van der Waals surface area contributed by atoms with Crippen molar-refractivity contribution in [1.82, 2.24) is 10.3 Å². The molecule has 1 aromatic carbocycles. The highest BCUT2D eigenvalue weighted by Gasteiger charge is 2.24. The number of aromatic nitrogens is 1. The van der Waals surface area contributed by atoms with Crippen molar-refractivity contribution < 1.29 is 4.74 Å². The van der Waals surface area contributed by atoms with Crippen molar-refractivity contribution >= 4 is 10.9 Å². The highest BCUT2D eigenvalue weighted by molar-refractivity contribution is 5.90. The van der Waals surface area contributed by atoms with Crippen LogP contribution in [0.4, 0.5) is 0 Å². The van der Waals surface area contributed by atoms with Gasteiger partial charge in [0.05, 0.1) is 12.6 Å². The van der Waals surface area contributed by atoms with Crippen LogP contribution >= 0.6 is 0 Å². The minimum Gasteiger partial charge on any atom is -0.495 e. The van der Waals surface area contributed by atoms with Gasteiger partial charge < -0.3 is 15.0 Å². The molecule has 0 saturated heterocycles. The summed E-state index contributed by atoms with van der Waals surface area (Å²) < 4.78 is 5.42. The molecule has 3 nitrogen and oxygen atoms in total. The summed E-state index contributed by atoms with van der Waals surface area (Å²) in [6, 6.07) is 6.73. The molecule has 1 aliphatic rings. The van der Waals surface area contributed by atoms with Crippen LogP contribution < -0.4 is 10.1 Å². The lowest BCUT2D eigenvalue weighted by Crippen LogP contribution is -2.20. The summed E-state index contributed by atoms with van der Waals surface area (Å²) in [4.78, 5) is 3.53. The molecule has 2 aromatic rings. The largest absolute Gasteiger partial charge is 0.495 e. The molecule has 0 saturated carbocycles. The molecule has 0 spiro atoms. The average Bonchev–Trinajstić information content (AvgIpc) is 2.76. The molecule has 2 N–H and O–H groups in total. The van der Waals surface area contributed by atoms with E-state index in [2.05, 4.69) is 22.4 Å². The first-order chi connectivity index (χ1) is 8.35. The Bertz CT molecular complexity index is 544. The molecule has 0 fully saturated rings. The Labute approximate surface area is 101 Å². The van der Waals surface area contributed by atoms with Crippen molar-refractivity contribution in [3.05, 3.63) is 29.5 Å². The second-order valence-corrected chi connectivity index (χ2v) is 4.63. The van der Waals surface area contributed by atoms with Gasteiger partial charge in [-0.3, -0.25) is 0 Å². The normalized spacial score (nSPS) is 19.3. The molecule has 0 radical (unpaired) electrons. The molecule has 0 aliphatic heterocycles. The maximum atomic E-state index is 5.42. The quantitative estimate of drug-likeness (QED) is 0.832. The predicted molar refractivity (Wildman–Crippen MR) is 69.6 cm³/mol. The summed E-state index contributed by atoms with van der Waals surface area (Å²) in [5, 5.41) is 4.72. The lowest BCUT2D eigenvalue weighted by atomic mass is 9.91. The number of fused-ring (bicyclic) bond motifs is 3. The third-order valence-corrected chi connectivity index (χ3v) is 3.75. The molecule has 3 heteroatoms. The topological polar surface area (TPSA) is 37.0 Å². The van der Waals surface area contributed by atoms with Crippen LogP contribution in [0.2, 0.25) is 0 Å². The van der Waals surface area contributed by atoms with E-state index in [1.807, 2.05) is 13.1 Å². The Hall–Kier alpha value is -1.48. The molecule has 17 heavy (non-hydrogen) atoms. The van der Waals surface area contributed by atoms with Crippen molar-refractivity contribution in [3.8, 4) is 5.75 Å². The predicted octanol–water partition coefficient (Wildman–Crippen LogP) is 2.77. The molecular weight excluding hydrogens is 212 g/mol. The summed E-state index contributed by atoms with van der Waals surface area (Å²) in [7, 11) is 3.77. The van der Waals surface area contributed by atoms with Gasteiger partial charge in [-0.1, -0.05) is 12.1 Å². The van der Waals surface area contributed by atoms with Gasteiger partial charge in [0.15, 0.2) is 0 Å². The lowest BCUT2D eigenvalue weighted by molar-refractivity contribution is 0.419. The van der Waals surface area contributed by atoms with Crippen LogP contribution in [-0.4, -0.2) is 19.1 Å². The number of H-pyrrole nitrogens is 1. The first-order valence-corrected chi connectivity index (χ1v) is 6.20. The molecule has 1 heterocycles. The molecule has 3 rings (SSSR count).